The fourth-order valence-electron chi connectivity index (χ4n) is 2.93. The lowest BCUT2D eigenvalue weighted by atomic mass is 10.0. The Labute approximate surface area is 127 Å². The molecule has 0 spiro atoms. The van der Waals surface area contributed by atoms with E-state index < -0.39 is 0 Å². The van der Waals surface area contributed by atoms with Crippen LogP contribution in [0.2, 0.25) is 0 Å². The Morgan fingerprint density at radius 2 is 1.76 bits per heavy atom. The van der Waals surface area contributed by atoms with E-state index in [2.05, 4.69) is 55.9 Å². The van der Waals surface area contributed by atoms with Crippen molar-refractivity contribution in [3.8, 4) is 0 Å². The van der Waals surface area contributed by atoms with Gasteiger partial charge in [-0.25, -0.2) is 0 Å². The number of benzene rings is 1. The van der Waals surface area contributed by atoms with Gasteiger partial charge in [0.1, 0.15) is 0 Å². The van der Waals surface area contributed by atoms with Crippen molar-refractivity contribution in [3.05, 3.63) is 51.8 Å². The van der Waals surface area contributed by atoms with Gasteiger partial charge >= 0.3 is 0 Å². The Morgan fingerprint density at radius 3 is 2.38 bits per heavy atom. The molecule has 1 saturated carbocycles. The highest BCUT2D eigenvalue weighted by molar-refractivity contribution is 5.34. The maximum atomic E-state index is 4.76. The number of hydrogen-bond donors (Lipinski definition) is 1. The average molecular weight is 283 g/mol. The summed E-state index contributed by atoms with van der Waals surface area (Å²) in [5.74, 6) is 0. The Kier molecular flexibility index (Phi) is 3.85. The van der Waals surface area contributed by atoms with E-state index in [1.54, 1.807) is 0 Å². The first-order valence-electron chi connectivity index (χ1n) is 7.87. The van der Waals surface area contributed by atoms with Crippen LogP contribution in [-0.4, -0.2) is 15.8 Å². The van der Waals surface area contributed by atoms with E-state index in [0.717, 1.165) is 24.8 Å². The number of aromatic nitrogens is 2. The third-order valence-electron chi connectivity index (χ3n) is 4.63. The van der Waals surface area contributed by atoms with Gasteiger partial charge in [-0.3, -0.25) is 4.68 Å². The van der Waals surface area contributed by atoms with E-state index in [4.69, 9.17) is 5.10 Å². The van der Waals surface area contributed by atoms with E-state index in [0.29, 0.717) is 0 Å². The highest BCUT2D eigenvalue weighted by Crippen LogP contribution is 2.22. The molecule has 0 radical (unpaired) electrons. The molecular weight excluding hydrogens is 258 g/mol. The van der Waals surface area contributed by atoms with Gasteiger partial charge in [0.25, 0.3) is 0 Å². The quantitative estimate of drug-likeness (QED) is 0.911. The average Bonchev–Trinajstić information content (AvgIpc) is 3.21. The smallest absolute Gasteiger partial charge is 0.0667 e. The molecule has 1 aliphatic rings. The molecule has 2 aromatic rings. The molecule has 112 valence electrons. The zero-order chi connectivity index (χ0) is 15.0. The van der Waals surface area contributed by atoms with Crippen LogP contribution < -0.4 is 5.32 Å². The van der Waals surface area contributed by atoms with E-state index in [-0.39, 0.29) is 0 Å². The van der Waals surface area contributed by atoms with Crippen LogP contribution >= 0.6 is 0 Å². The molecule has 0 atom stereocenters. The highest BCUT2D eigenvalue weighted by atomic mass is 15.3. The Bertz CT molecular complexity index is 630. The summed E-state index contributed by atoms with van der Waals surface area (Å²) in [5, 5.41) is 8.36. The van der Waals surface area contributed by atoms with Crippen LogP contribution in [0.3, 0.4) is 0 Å². The molecule has 1 aromatic heterocycles. The van der Waals surface area contributed by atoms with Gasteiger partial charge in [-0.1, -0.05) is 18.2 Å². The minimum atomic E-state index is 0.741. The predicted molar refractivity (Wildman–Crippen MR) is 86.6 cm³/mol. The maximum Gasteiger partial charge on any atom is 0.0667 e. The third kappa shape index (κ3) is 3.03. The number of nitrogens with zero attached hydrogens (tertiary/aromatic N) is 2. The largest absolute Gasteiger partial charge is 0.310 e. The molecule has 1 aliphatic carbocycles. The van der Waals surface area contributed by atoms with Crippen molar-refractivity contribution in [1.82, 2.24) is 15.1 Å². The van der Waals surface area contributed by atoms with E-state index >= 15 is 0 Å². The SMILES string of the molecule is Cc1cccc(C)c1Cn1nc(C)c(CNC2CC2)c1C. The van der Waals surface area contributed by atoms with Crippen molar-refractivity contribution in [3.63, 3.8) is 0 Å². The van der Waals surface area contributed by atoms with Gasteiger partial charge in [-0.15, -0.1) is 0 Å². The maximum absolute atomic E-state index is 4.76. The number of aryl methyl sites for hydroxylation is 3. The molecule has 1 heterocycles. The van der Waals surface area contributed by atoms with Crippen molar-refractivity contribution in [2.45, 2.75) is 59.7 Å². The van der Waals surface area contributed by atoms with Crippen LogP contribution in [0.25, 0.3) is 0 Å². The van der Waals surface area contributed by atoms with Crippen molar-refractivity contribution in [1.29, 1.82) is 0 Å². The first-order valence-corrected chi connectivity index (χ1v) is 7.87. The van der Waals surface area contributed by atoms with Crippen molar-refractivity contribution in [2.24, 2.45) is 0 Å². The van der Waals surface area contributed by atoms with Gasteiger partial charge in [-0.05, 0) is 57.2 Å². The lowest BCUT2D eigenvalue weighted by Gasteiger charge is -2.11. The van der Waals surface area contributed by atoms with Crippen LogP contribution in [0, 0.1) is 27.7 Å². The van der Waals surface area contributed by atoms with Crippen molar-refractivity contribution in [2.75, 3.05) is 0 Å². The van der Waals surface area contributed by atoms with Crippen molar-refractivity contribution >= 4 is 0 Å². The standard InChI is InChI=1S/C18H25N3/c1-12-6-5-7-13(2)18(12)11-21-15(4)17(14(3)20-21)10-19-16-8-9-16/h5-7,16,19H,8-11H2,1-4H3. The Morgan fingerprint density at radius 1 is 1.10 bits per heavy atom. The van der Waals surface area contributed by atoms with Gasteiger partial charge in [0.05, 0.1) is 12.2 Å². The molecule has 0 aliphatic heterocycles. The third-order valence-corrected chi connectivity index (χ3v) is 4.63. The normalized spacial score (nSPS) is 14.7. The monoisotopic (exact) mass is 283 g/mol. The highest BCUT2D eigenvalue weighted by Gasteiger charge is 2.21. The predicted octanol–water partition coefficient (Wildman–Crippen LogP) is 3.42. The van der Waals surface area contributed by atoms with Crippen molar-refractivity contribution < 1.29 is 0 Å². The molecule has 1 aromatic carbocycles. The fraction of sp³-hybridized carbons (Fsp3) is 0.500. The minimum absolute atomic E-state index is 0.741. The summed E-state index contributed by atoms with van der Waals surface area (Å²) in [6.07, 6.45) is 2.66. The summed E-state index contributed by atoms with van der Waals surface area (Å²) < 4.78 is 2.16. The summed E-state index contributed by atoms with van der Waals surface area (Å²) in [7, 11) is 0. The zero-order valence-corrected chi connectivity index (χ0v) is 13.5. The van der Waals surface area contributed by atoms with Gasteiger partial charge < -0.3 is 5.32 Å². The molecule has 1 fully saturated rings. The van der Waals surface area contributed by atoms with Crippen LogP contribution in [-0.2, 0) is 13.1 Å². The van der Waals surface area contributed by atoms with Gasteiger partial charge in [0.15, 0.2) is 0 Å². The lowest BCUT2D eigenvalue weighted by Crippen LogP contribution is -2.16. The first kappa shape index (κ1) is 14.3. The van der Waals surface area contributed by atoms with Crippen LogP contribution in [0.4, 0.5) is 0 Å². The Balaban J connectivity index is 1.83. The molecular formula is C18H25N3. The molecule has 0 amide bonds. The molecule has 1 N–H and O–H groups in total. The molecule has 21 heavy (non-hydrogen) atoms. The zero-order valence-electron chi connectivity index (χ0n) is 13.5. The van der Waals surface area contributed by atoms with Crippen LogP contribution in [0.5, 0.6) is 0 Å². The van der Waals surface area contributed by atoms with E-state index in [9.17, 15) is 0 Å². The molecule has 3 rings (SSSR count). The van der Waals surface area contributed by atoms with Crippen LogP contribution in [0.1, 0.15) is 46.5 Å². The van der Waals surface area contributed by atoms with E-state index in [1.807, 2.05) is 0 Å². The van der Waals surface area contributed by atoms with Crippen LogP contribution in [0.15, 0.2) is 18.2 Å². The molecule has 3 nitrogen and oxygen atoms in total. The van der Waals surface area contributed by atoms with Gasteiger partial charge in [0, 0.05) is 23.8 Å². The molecule has 0 bridgehead atoms. The number of rotatable bonds is 5. The topological polar surface area (TPSA) is 29.9 Å². The molecule has 3 heteroatoms. The summed E-state index contributed by atoms with van der Waals surface area (Å²) in [5.41, 5.74) is 7.91. The lowest BCUT2D eigenvalue weighted by molar-refractivity contribution is 0.648. The molecule has 0 unspecified atom stereocenters. The second-order valence-electron chi connectivity index (χ2n) is 6.33. The summed E-state index contributed by atoms with van der Waals surface area (Å²) >= 11 is 0. The first-order chi connectivity index (χ1) is 10.1. The Hall–Kier alpha value is -1.61. The summed E-state index contributed by atoms with van der Waals surface area (Å²) in [6, 6.07) is 7.24. The summed E-state index contributed by atoms with van der Waals surface area (Å²) in [6.45, 7) is 10.5. The van der Waals surface area contributed by atoms with E-state index in [1.165, 1.54) is 40.8 Å². The fourth-order valence-corrected chi connectivity index (χ4v) is 2.93. The minimum Gasteiger partial charge on any atom is -0.310 e. The van der Waals surface area contributed by atoms with Gasteiger partial charge in [-0.2, -0.15) is 5.10 Å². The second-order valence-corrected chi connectivity index (χ2v) is 6.33. The summed E-state index contributed by atoms with van der Waals surface area (Å²) in [4.78, 5) is 0. The second kappa shape index (κ2) is 5.64. The number of nitrogens with one attached hydrogen (secondary N) is 1. The van der Waals surface area contributed by atoms with Gasteiger partial charge in [0.2, 0.25) is 0 Å². The number of hydrogen-bond acceptors (Lipinski definition) is 2. The molecule has 0 saturated heterocycles.